The van der Waals surface area contributed by atoms with Crippen molar-refractivity contribution in [1.82, 2.24) is 0 Å². The van der Waals surface area contributed by atoms with E-state index in [2.05, 4.69) is 6.58 Å². The van der Waals surface area contributed by atoms with Crippen LogP contribution in [0.15, 0.2) is 12.2 Å². The van der Waals surface area contributed by atoms with Crippen LogP contribution in [0.3, 0.4) is 0 Å². The zero-order valence-corrected chi connectivity index (χ0v) is 8.74. The standard InChI is InChI=1S/C5H6O4.C2H6O2.CH2O3/c1-3(5(8)9)2-4(6)7;3-1-2-4;2-1(3)4/h1-2H2,(H,6,7)(H,8,9);3-4H,1-2H2;(H2,2,3,4). The fourth-order valence-corrected chi connectivity index (χ4v) is 0.258. The highest BCUT2D eigenvalue weighted by atomic mass is 16.6. The van der Waals surface area contributed by atoms with Crippen molar-refractivity contribution in [2.45, 2.75) is 6.42 Å². The smallest absolute Gasteiger partial charge is 0.481 e. The van der Waals surface area contributed by atoms with E-state index in [1.165, 1.54) is 0 Å². The van der Waals surface area contributed by atoms with Gasteiger partial charge in [0.05, 0.1) is 19.6 Å². The number of carboxylic acids is 2. The van der Waals surface area contributed by atoms with Crippen molar-refractivity contribution in [3.05, 3.63) is 12.2 Å². The minimum Gasteiger partial charge on any atom is -0.481 e. The van der Waals surface area contributed by atoms with Gasteiger partial charge in [0.2, 0.25) is 0 Å². The monoisotopic (exact) mass is 254 g/mol. The first-order valence-electron chi connectivity index (χ1n) is 3.95. The van der Waals surface area contributed by atoms with E-state index in [0.29, 0.717) is 0 Å². The van der Waals surface area contributed by atoms with Crippen molar-refractivity contribution < 1.29 is 45.0 Å². The second kappa shape index (κ2) is 13.9. The van der Waals surface area contributed by atoms with Gasteiger partial charge in [-0.15, -0.1) is 0 Å². The first-order valence-corrected chi connectivity index (χ1v) is 3.95. The molecule has 9 nitrogen and oxygen atoms in total. The Morgan fingerprint density at radius 1 is 0.882 bits per heavy atom. The molecule has 0 aliphatic heterocycles. The molecule has 0 amide bonds. The molecule has 100 valence electrons. The van der Waals surface area contributed by atoms with Gasteiger partial charge in [0.25, 0.3) is 0 Å². The van der Waals surface area contributed by atoms with Gasteiger partial charge in [0.15, 0.2) is 0 Å². The highest BCUT2D eigenvalue weighted by Gasteiger charge is 2.07. The topological polar surface area (TPSA) is 173 Å². The summed E-state index contributed by atoms with van der Waals surface area (Å²) in [6.07, 6.45) is -2.34. The quantitative estimate of drug-likeness (QED) is 0.354. The maximum Gasteiger partial charge on any atom is 0.503 e. The van der Waals surface area contributed by atoms with E-state index in [1.54, 1.807) is 0 Å². The Labute approximate surface area is 95.9 Å². The average Bonchev–Trinajstić information content (AvgIpc) is 2.16. The van der Waals surface area contributed by atoms with Crippen molar-refractivity contribution in [3.63, 3.8) is 0 Å². The van der Waals surface area contributed by atoms with Gasteiger partial charge in [-0.1, -0.05) is 6.58 Å². The third-order valence-electron chi connectivity index (χ3n) is 0.767. The predicted molar refractivity (Wildman–Crippen MR) is 53.9 cm³/mol. The van der Waals surface area contributed by atoms with Gasteiger partial charge in [-0.2, -0.15) is 0 Å². The van der Waals surface area contributed by atoms with Gasteiger partial charge in [-0.3, -0.25) is 4.79 Å². The van der Waals surface area contributed by atoms with Gasteiger partial charge in [-0.05, 0) is 0 Å². The second-order valence-electron chi connectivity index (χ2n) is 2.21. The van der Waals surface area contributed by atoms with Crippen LogP contribution in [-0.2, 0) is 9.59 Å². The molecule has 0 atom stereocenters. The summed E-state index contributed by atoms with van der Waals surface area (Å²) >= 11 is 0. The van der Waals surface area contributed by atoms with Gasteiger partial charge >= 0.3 is 18.1 Å². The molecule has 17 heavy (non-hydrogen) atoms. The number of hydrogen-bond acceptors (Lipinski definition) is 5. The molecule has 0 rings (SSSR count). The third-order valence-corrected chi connectivity index (χ3v) is 0.767. The minimum absolute atomic E-state index is 0.125. The molecule has 0 aromatic carbocycles. The van der Waals surface area contributed by atoms with Crippen LogP contribution in [0.1, 0.15) is 6.42 Å². The van der Waals surface area contributed by atoms with E-state index in [9.17, 15) is 9.59 Å². The Morgan fingerprint density at radius 2 is 1.18 bits per heavy atom. The van der Waals surface area contributed by atoms with E-state index in [0.717, 1.165) is 0 Å². The Bertz CT molecular complexity index is 252. The largest absolute Gasteiger partial charge is 0.503 e. The zero-order chi connectivity index (χ0) is 14.4. The molecule has 0 bridgehead atoms. The molecule has 0 radical (unpaired) electrons. The number of carboxylic acid groups (broad SMARTS) is 4. The highest BCUT2D eigenvalue weighted by molar-refractivity contribution is 5.91. The molecule has 0 aliphatic carbocycles. The van der Waals surface area contributed by atoms with E-state index in [1.807, 2.05) is 0 Å². The maximum absolute atomic E-state index is 9.87. The Kier molecular flexibility index (Phi) is 16.6. The summed E-state index contributed by atoms with van der Waals surface area (Å²) in [6, 6.07) is 0. The van der Waals surface area contributed by atoms with Crippen LogP contribution in [0.4, 0.5) is 4.79 Å². The molecule has 0 heterocycles. The zero-order valence-electron chi connectivity index (χ0n) is 8.74. The molecule has 0 aromatic rings. The van der Waals surface area contributed by atoms with Crippen LogP contribution in [0.2, 0.25) is 0 Å². The summed E-state index contributed by atoms with van der Waals surface area (Å²) in [5.41, 5.74) is -0.303. The first-order chi connectivity index (χ1) is 7.68. The number of rotatable bonds is 4. The van der Waals surface area contributed by atoms with Crippen LogP contribution in [-0.4, -0.2) is 61.9 Å². The summed E-state index contributed by atoms with van der Waals surface area (Å²) in [6.45, 7) is 2.76. The lowest BCUT2D eigenvalue weighted by Gasteiger charge is -1.91. The van der Waals surface area contributed by atoms with Crippen molar-refractivity contribution in [1.29, 1.82) is 0 Å². The fraction of sp³-hybridized carbons (Fsp3) is 0.375. The highest BCUT2D eigenvalue weighted by Crippen LogP contribution is 1.95. The lowest BCUT2D eigenvalue weighted by molar-refractivity contribution is -0.139. The van der Waals surface area contributed by atoms with Crippen LogP contribution in [0, 0.1) is 0 Å². The minimum atomic E-state index is -1.83. The number of carbonyl (C=O) groups is 3. The Balaban J connectivity index is -0.000000205. The molecule has 0 aromatic heterocycles. The van der Waals surface area contributed by atoms with Gasteiger partial charge in [0, 0.05) is 5.57 Å². The molecule has 0 saturated carbocycles. The predicted octanol–water partition coefficient (Wildman–Crippen LogP) is -0.705. The lowest BCUT2D eigenvalue weighted by Crippen LogP contribution is -2.04. The SMILES string of the molecule is C=C(CC(=O)O)C(=O)O.O=C(O)O.OCCO. The Hall–Kier alpha value is -2.13. The number of aliphatic hydroxyl groups is 2. The van der Waals surface area contributed by atoms with E-state index >= 15 is 0 Å². The van der Waals surface area contributed by atoms with Crippen LogP contribution < -0.4 is 0 Å². The number of hydrogen-bond donors (Lipinski definition) is 6. The van der Waals surface area contributed by atoms with E-state index in [4.69, 9.17) is 35.4 Å². The molecular formula is C8H14O9. The molecule has 0 aliphatic rings. The lowest BCUT2D eigenvalue weighted by atomic mass is 10.2. The third kappa shape index (κ3) is 41.4. The second-order valence-corrected chi connectivity index (χ2v) is 2.21. The van der Waals surface area contributed by atoms with Crippen LogP contribution in [0.5, 0.6) is 0 Å². The van der Waals surface area contributed by atoms with Gasteiger partial charge in [0.1, 0.15) is 0 Å². The van der Waals surface area contributed by atoms with Crippen molar-refractivity contribution in [2.24, 2.45) is 0 Å². The molecule has 0 unspecified atom stereocenters. The average molecular weight is 254 g/mol. The summed E-state index contributed by atoms with van der Waals surface area (Å²) in [7, 11) is 0. The number of aliphatic hydroxyl groups excluding tert-OH is 2. The molecular weight excluding hydrogens is 240 g/mol. The molecule has 0 spiro atoms. The van der Waals surface area contributed by atoms with Crippen molar-refractivity contribution >= 4 is 18.1 Å². The molecule has 0 saturated heterocycles. The Morgan fingerprint density at radius 3 is 1.24 bits per heavy atom. The maximum atomic E-state index is 9.87. The fourth-order valence-electron chi connectivity index (χ4n) is 0.258. The van der Waals surface area contributed by atoms with Crippen molar-refractivity contribution in [3.8, 4) is 0 Å². The van der Waals surface area contributed by atoms with Gasteiger partial charge in [-0.25, -0.2) is 9.59 Å². The normalized spacial score (nSPS) is 7.65. The van der Waals surface area contributed by atoms with Crippen LogP contribution >= 0.6 is 0 Å². The summed E-state index contributed by atoms with van der Waals surface area (Å²) < 4.78 is 0. The summed E-state index contributed by atoms with van der Waals surface area (Å²) in [4.78, 5) is 28.2. The van der Waals surface area contributed by atoms with E-state index < -0.39 is 24.5 Å². The molecule has 6 N–H and O–H groups in total. The van der Waals surface area contributed by atoms with E-state index in [-0.39, 0.29) is 18.8 Å². The number of aliphatic carboxylic acids is 2. The molecule has 0 fully saturated rings. The molecule has 9 heteroatoms. The van der Waals surface area contributed by atoms with Crippen LogP contribution in [0.25, 0.3) is 0 Å². The first kappa shape index (κ1) is 20.3. The summed E-state index contributed by atoms with van der Waals surface area (Å²) in [5.74, 6) is -2.44. The van der Waals surface area contributed by atoms with Gasteiger partial charge < -0.3 is 30.6 Å². The van der Waals surface area contributed by atoms with Crippen molar-refractivity contribution in [2.75, 3.05) is 13.2 Å². The summed E-state index contributed by atoms with van der Waals surface area (Å²) in [5, 5.41) is 45.3.